The Morgan fingerprint density at radius 1 is 1.58 bits per heavy atom. The van der Waals surface area contributed by atoms with Gasteiger partial charge in [0, 0.05) is 12.5 Å². The number of ether oxygens (including phenoxy) is 1. The van der Waals surface area contributed by atoms with Gasteiger partial charge in [-0.1, -0.05) is 13.0 Å². The van der Waals surface area contributed by atoms with E-state index in [9.17, 15) is 15.0 Å². The molecule has 0 aromatic heterocycles. The summed E-state index contributed by atoms with van der Waals surface area (Å²) in [5.41, 5.74) is 0. The summed E-state index contributed by atoms with van der Waals surface area (Å²) in [5.74, 6) is 0.0200. The fourth-order valence-corrected chi connectivity index (χ4v) is 2.86. The molecule has 5 nitrogen and oxygen atoms in total. The SMILES string of the molecule is CC(O)CCC=CC1OC(=O)N2CCC(O)C(C)C12. The van der Waals surface area contributed by atoms with E-state index in [1.165, 1.54) is 0 Å². The van der Waals surface area contributed by atoms with E-state index >= 15 is 0 Å². The molecule has 0 aromatic carbocycles. The van der Waals surface area contributed by atoms with Gasteiger partial charge in [0.05, 0.1) is 18.2 Å². The molecule has 5 unspecified atom stereocenters. The molecule has 2 aliphatic heterocycles. The van der Waals surface area contributed by atoms with Crippen molar-refractivity contribution in [3.63, 3.8) is 0 Å². The number of hydrogen-bond acceptors (Lipinski definition) is 4. The molecule has 0 spiro atoms. The molecule has 0 radical (unpaired) electrons. The first kappa shape index (κ1) is 14.3. The Balaban J connectivity index is 1.98. The van der Waals surface area contributed by atoms with Crippen molar-refractivity contribution in [2.24, 2.45) is 5.92 Å². The van der Waals surface area contributed by atoms with Crippen molar-refractivity contribution < 1.29 is 19.7 Å². The van der Waals surface area contributed by atoms with Gasteiger partial charge in [-0.2, -0.15) is 0 Å². The first-order valence-electron chi connectivity index (χ1n) is 7.00. The summed E-state index contributed by atoms with van der Waals surface area (Å²) in [6.45, 7) is 4.28. The number of carbonyl (C=O) groups excluding carboxylic acids is 1. The molecule has 2 N–H and O–H groups in total. The number of rotatable bonds is 4. The summed E-state index contributed by atoms with van der Waals surface area (Å²) in [4.78, 5) is 13.5. The predicted molar refractivity (Wildman–Crippen MR) is 70.6 cm³/mol. The third-order valence-corrected chi connectivity index (χ3v) is 4.06. The summed E-state index contributed by atoms with van der Waals surface area (Å²) in [5, 5.41) is 19.1. The predicted octanol–water partition coefficient (Wildman–Crippen LogP) is 1.29. The lowest BCUT2D eigenvalue weighted by molar-refractivity contribution is 0.0168. The lowest BCUT2D eigenvalue weighted by Gasteiger charge is -2.37. The van der Waals surface area contributed by atoms with E-state index in [1.807, 2.05) is 19.1 Å². The maximum absolute atomic E-state index is 11.8. The van der Waals surface area contributed by atoms with Gasteiger partial charge in [-0.25, -0.2) is 4.79 Å². The van der Waals surface area contributed by atoms with Crippen LogP contribution in [0.5, 0.6) is 0 Å². The lowest BCUT2D eigenvalue weighted by Crippen LogP contribution is -2.50. The number of fused-ring (bicyclic) bond motifs is 1. The Labute approximate surface area is 113 Å². The van der Waals surface area contributed by atoms with Gasteiger partial charge in [0.15, 0.2) is 0 Å². The molecule has 19 heavy (non-hydrogen) atoms. The van der Waals surface area contributed by atoms with Gasteiger partial charge in [0.2, 0.25) is 0 Å². The second kappa shape index (κ2) is 5.92. The van der Waals surface area contributed by atoms with Crippen molar-refractivity contribution in [2.75, 3.05) is 6.54 Å². The molecule has 5 heteroatoms. The molecule has 108 valence electrons. The minimum Gasteiger partial charge on any atom is -0.440 e. The highest BCUT2D eigenvalue weighted by atomic mass is 16.6. The van der Waals surface area contributed by atoms with Crippen molar-refractivity contribution >= 4 is 6.09 Å². The summed E-state index contributed by atoms with van der Waals surface area (Å²) in [6.07, 6.45) is 4.65. The van der Waals surface area contributed by atoms with Gasteiger partial charge < -0.3 is 19.8 Å². The van der Waals surface area contributed by atoms with Gasteiger partial charge in [-0.05, 0) is 32.3 Å². The second-order valence-electron chi connectivity index (χ2n) is 5.60. The fourth-order valence-electron chi connectivity index (χ4n) is 2.86. The van der Waals surface area contributed by atoms with Crippen LogP contribution in [0.2, 0.25) is 0 Å². The third-order valence-electron chi connectivity index (χ3n) is 4.06. The van der Waals surface area contributed by atoms with Crippen molar-refractivity contribution in [2.45, 2.75) is 57.5 Å². The zero-order valence-corrected chi connectivity index (χ0v) is 11.5. The Kier molecular flexibility index (Phi) is 4.47. The fraction of sp³-hybridized carbons (Fsp3) is 0.786. The van der Waals surface area contributed by atoms with Crippen LogP contribution in [-0.2, 0) is 4.74 Å². The molecule has 0 aromatic rings. The van der Waals surface area contributed by atoms with E-state index in [1.54, 1.807) is 11.8 Å². The van der Waals surface area contributed by atoms with E-state index in [0.29, 0.717) is 19.4 Å². The topological polar surface area (TPSA) is 70.0 Å². The molecule has 1 amide bonds. The van der Waals surface area contributed by atoms with E-state index in [4.69, 9.17) is 4.74 Å². The second-order valence-corrected chi connectivity index (χ2v) is 5.60. The summed E-state index contributed by atoms with van der Waals surface area (Å²) in [7, 11) is 0. The number of cyclic esters (lactones) is 1. The monoisotopic (exact) mass is 269 g/mol. The smallest absolute Gasteiger partial charge is 0.410 e. The molecule has 0 bridgehead atoms. The van der Waals surface area contributed by atoms with Crippen LogP contribution in [0, 0.1) is 5.92 Å². The van der Waals surface area contributed by atoms with E-state index in [0.717, 1.165) is 6.42 Å². The Hall–Kier alpha value is -1.07. The summed E-state index contributed by atoms with van der Waals surface area (Å²) in [6, 6.07) is -0.0703. The molecule has 0 saturated carbocycles. The number of nitrogens with zero attached hydrogens (tertiary/aromatic N) is 1. The molecule has 0 aliphatic carbocycles. The standard InChI is InChI=1S/C14H23NO4/c1-9(16)5-3-4-6-12-13-10(2)11(17)7-8-15(13)14(18)19-12/h4,6,9-13,16-17H,3,5,7-8H2,1-2H3. The molecule has 5 atom stereocenters. The number of amides is 1. The zero-order chi connectivity index (χ0) is 14.0. The van der Waals surface area contributed by atoms with Crippen molar-refractivity contribution in [1.82, 2.24) is 4.90 Å². The minimum atomic E-state index is -0.371. The van der Waals surface area contributed by atoms with Gasteiger partial charge in [0.25, 0.3) is 0 Å². The largest absolute Gasteiger partial charge is 0.440 e. The first-order chi connectivity index (χ1) is 9.00. The Morgan fingerprint density at radius 2 is 2.32 bits per heavy atom. The Bertz CT molecular complexity index is 355. The van der Waals surface area contributed by atoms with E-state index in [-0.39, 0.29) is 36.4 Å². The van der Waals surface area contributed by atoms with E-state index in [2.05, 4.69) is 0 Å². The third kappa shape index (κ3) is 3.09. The van der Waals surface area contributed by atoms with Crippen LogP contribution in [0.3, 0.4) is 0 Å². The molecular weight excluding hydrogens is 246 g/mol. The van der Waals surface area contributed by atoms with Crippen LogP contribution in [0.1, 0.15) is 33.1 Å². The number of carbonyl (C=O) groups is 1. The van der Waals surface area contributed by atoms with Crippen molar-refractivity contribution in [3.8, 4) is 0 Å². The summed E-state index contributed by atoms with van der Waals surface area (Å²) < 4.78 is 5.36. The van der Waals surface area contributed by atoms with Crippen LogP contribution in [0.15, 0.2) is 12.2 Å². The number of hydrogen-bond donors (Lipinski definition) is 2. The van der Waals surface area contributed by atoms with Crippen LogP contribution >= 0.6 is 0 Å². The maximum Gasteiger partial charge on any atom is 0.410 e. The lowest BCUT2D eigenvalue weighted by atomic mass is 9.85. The number of aliphatic hydroxyl groups excluding tert-OH is 2. The van der Waals surface area contributed by atoms with E-state index < -0.39 is 0 Å². The molecule has 2 saturated heterocycles. The normalized spacial score (nSPS) is 36.4. The first-order valence-corrected chi connectivity index (χ1v) is 7.00. The maximum atomic E-state index is 11.8. The van der Waals surface area contributed by atoms with Crippen LogP contribution in [-0.4, -0.2) is 52.1 Å². The van der Waals surface area contributed by atoms with Crippen molar-refractivity contribution in [1.29, 1.82) is 0 Å². The average Bonchev–Trinajstić information content (AvgIpc) is 2.67. The quantitative estimate of drug-likeness (QED) is 0.755. The highest BCUT2D eigenvalue weighted by molar-refractivity contribution is 5.71. The van der Waals surface area contributed by atoms with Gasteiger partial charge in [-0.15, -0.1) is 0 Å². The van der Waals surface area contributed by atoms with Gasteiger partial charge in [0.1, 0.15) is 6.10 Å². The zero-order valence-electron chi connectivity index (χ0n) is 11.5. The number of allylic oxidation sites excluding steroid dienone is 1. The molecular formula is C14H23NO4. The molecule has 2 heterocycles. The Morgan fingerprint density at radius 3 is 3.00 bits per heavy atom. The van der Waals surface area contributed by atoms with Crippen molar-refractivity contribution in [3.05, 3.63) is 12.2 Å². The van der Waals surface area contributed by atoms with Gasteiger partial charge >= 0.3 is 6.09 Å². The minimum absolute atomic E-state index is 0.0200. The number of piperidine rings is 1. The highest BCUT2D eigenvalue weighted by Crippen LogP contribution is 2.33. The number of aliphatic hydroxyl groups is 2. The highest BCUT2D eigenvalue weighted by Gasteiger charge is 2.47. The van der Waals surface area contributed by atoms with Crippen LogP contribution < -0.4 is 0 Å². The van der Waals surface area contributed by atoms with Crippen LogP contribution in [0.25, 0.3) is 0 Å². The summed E-state index contributed by atoms with van der Waals surface area (Å²) >= 11 is 0. The van der Waals surface area contributed by atoms with Crippen LogP contribution in [0.4, 0.5) is 4.79 Å². The molecule has 2 fully saturated rings. The molecule has 2 rings (SSSR count). The van der Waals surface area contributed by atoms with Gasteiger partial charge in [-0.3, -0.25) is 0 Å². The molecule has 2 aliphatic rings. The average molecular weight is 269 g/mol.